The van der Waals surface area contributed by atoms with Gasteiger partial charge in [-0.1, -0.05) is 18.2 Å². The van der Waals surface area contributed by atoms with Crippen LogP contribution in [0.3, 0.4) is 0 Å². The van der Waals surface area contributed by atoms with E-state index in [1.807, 2.05) is 30.3 Å². The van der Waals surface area contributed by atoms with Gasteiger partial charge in [0.1, 0.15) is 12.4 Å². The van der Waals surface area contributed by atoms with Gasteiger partial charge in [0, 0.05) is 9.79 Å². The Morgan fingerprint density at radius 2 is 1.70 bits per heavy atom. The van der Waals surface area contributed by atoms with Crippen molar-refractivity contribution < 1.29 is 8.95 Å². The molecule has 20 heavy (non-hydrogen) atoms. The third-order valence-electron chi connectivity index (χ3n) is 2.53. The van der Waals surface area contributed by atoms with E-state index in [0.717, 1.165) is 15.5 Å². The predicted molar refractivity (Wildman–Crippen MR) is 82.9 cm³/mol. The van der Waals surface area contributed by atoms with E-state index in [1.165, 1.54) is 0 Å². The lowest BCUT2D eigenvalue weighted by molar-refractivity contribution is 0.329. The molecule has 0 saturated heterocycles. The zero-order valence-electron chi connectivity index (χ0n) is 10.7. The molecule has 0 amide bonds. The van der Waals surface area contributed by atoms with Gasteiger partial charge in [-0.25, -0.2) is 9.20 Å². The molecule has 1 unspecified atom stereocenters. The second kappa shape index (κ2) is 7.70. The molecule has 0 spiro atoms. The second-order valence-corrected chi connectivity index (χ2v) is 5.54. The van der Waals surface area contributed by atoms with Crippen molar-refractivity contribution in [2.24, 2.45) is 4.99 Å². The maximum absolute atomic E-state index is 12.3. The van der Waals surface area contributed by atoms with Crippen molar-refractivity contribution in [3.63, 3.8) is 0 Å². The summed E-state index contributed by atoms with van der Waals surface area (Å²) in [6, 6.07) is 16.6. The standard InChI is InChI=1S/C15H13NO2S2/c17-20(14-4-2-1-3-5-14)15-8-6-13(7-9-15)18-11-10-16-12-19/h1-9H,10-11H2. The maximum Gasteiger partial charge on any atom is 0.119 e. The average Bonchev–Trinajstić information content (AvgIpc) is 2.52. The van der Waals surface area contributed by atoms with Crippen molar-refractivity contribution in [2.75, 3.05) is 13.2 Å². The molecule has 0 aliphatic carbocycles. The maximum atomic E-state index is 12.3. The lowest BCUT2D eigenvalue weighted by Crippen LogP contribution is -2.00. The molecule has 3 nitrogen and oxygen atoms in total. The Bertz CT molecular complexity index is 620. The molecule has 2 aromatic rings. The Labute approximate surface area is 125 Å². The number of benzene rings is 2. The summed E-state index contributed by atoms with van der Waals surface area (Å²) in [6.07, 6.45) is 0. The van der Waals surface area contributed by atoms with Crippen molar-refractivity contribution in [1.29, 1.82) is 0 Å². The van der Waals surface area contributed by atoms with Crippen LogP contribution in [0.2, 0.25) is 0 Å². The number of hydrogen-bond donors (Lipinski definition) is 0. The summed E-state index contributed by atoms with van der Waals surface area (Å²) >= 11 is 4.47. The number of rotatable bonds is 6. The minimum atomic E-state index is -1.16. The molecule has 1 atom stereocenters. The van der Waals surface area contributed by atoms with Gasteiger partial charge in [-0.05, 0) is 48.6 Å². The average molecular weight is 303 g/mol. The van der Waals surface area contributed by atoms with Crippen molar-refractivity contribution in [3.8, 4) is 5.75 Å². The van der Waals surface area contributed by atoms with Gasteiger partial charge in [-0.15, -0.1) is 0 Å². The van der Waals surface area contributed by atoms with Crippen LogP contribution >= 0.6 is 12.2 Å². The smallest absolute Gasteiger partial charge is 0.119 e. The van der Waals surface area contributed by atoms with E-state index < -0.39 is 10.8 Å². The molecule has 0 bridgehead atoms. The summed E-state index contributed by atoms with van der Waals surface area (Å²) < 4.78 is 17.8. The molecule has 5 heteroatoms. The van der Waals surface area contributed by atoms with Crippen LogP contribution in [0, 0.1) is 0 Å². The lowest BCUT2D eigenvalue weighted by Gasteiger charge is -2.06. The van der Waals surface area contributed by atoms with Crippen LogP contribution in [-0.2, 0) is 10.8 Å². The topological polar surface area (TPSA) is 38.7 Å². The largest absolute Gasteiger partial charge is 0.492 e. The van der Waals surface area contributed by atoms with Crippen LogP contribution in [0.15, 0.2) is 69.4 Å². The summed E-state index contributed by atoms with van der Waals surface area (Å²) in [5.41, 5.74) is 0. The highest BCUT2D eigenvalue weighted by atomic mass is 32.2. The SMILES string of the molecule is O=S(c1ccccc1)c1ccc(OCCN=C=S)cc1. The Morgan fingerprint density at radius 1 is 1.05 bits per heavy atom. The van der Waals surface area contributed by atoms with E-state index in [1.54, 1.807) is 24.3 Å². The molecule has 0 N–H and O–H groups in total. The summed E-state index contributed by atoms with van der Waals surface area (Å²) in [5, 5.41) is 2.28. The fourth-order valence-electron chi connectivity index (χ4n) is 1.59. The third kappa shape index (κ3) is 4.10. The van der Waals surface area contributed by atoms with Crippen LogP contribution in [0.1, 0.15) is 0 Å². The minimum absolute atomic E-state index is 0.449. The molecule has 0 aromatic heterocycles. The monoisotopic (exact) mass is 303 g/mol. The molecular formula is C15H13NO2S2. The van der Waals surface area contributed by atoms with Crippen molar-refractivity contribution >= 4 is 28.2 Å². The Balaban J connectivity index is 2.01. The van der Waals surface area contributed by atoms with Gasteiger partial charge in [0.25, 0.3) is 0 Å². The van der Waals surface area contributed by atoms with Crippen molar-refractivity contribution in [3.05, 3.63) is 54.6 Å². The van der Waals surface area contributed by atoms with Crippen LogP contribution in [0.4, 0.5) is 0 Å². The fraction of sp³-hybridized carbons (Fsp3) is 0.133. The van der Waals surface area contributed by atoms with E-state index in [0.29, 0.717) is 13.2 Å². The third-order valence-corrected chi connectivity index (χ3v) is 4.06. The molecule has 0 aliphatic heterocycles. The van der Waals surface area contributed by atoms with Crippen molar-refractivity contribution in [1.82, 2.24) is 0 Å². The van der Waals surface area contributed by atoms with E-state index in [-0.39, 0.29) is 0 Å². The van der Waals surface area contributed by atoms with E-state index in [2.05, 4.69) is 22.4 Å². The Kier molecular flexibility index (Phi) is 5.62. The molecule has 2 aromatic carbocycles. The molecule has 0 saturated carbocycles. The van der Waals surface area contributed by atoms with Gasteiger partial charge in [-0.3, -0.25) is 0 Å². The van der Waals surface area contributed by atoms with Crippen LogP contribution in [0.25, 0.3) is 0 Å². The van der Waals surface area contributed by atoms with E-state index >= 15 is 0 Å². The van der Waals surface area contributed by atoms with E-state index in [9.17, 15) is 4.21 Å². The number of hydrogen-bond acceptors (Lipinski definition) is 4. The first-order valence-electron chi connectivity index (χ1n) is 6.04. The highest BCUT2D eigenvalue weighted by Gasteiger charge is 2.06. The summed E-state index contributed by atoms with van der Waals surface area (Å²) in [5.74, 6) is 0.721. The summed E-state index contributed by atoms with van der Waals surface area (Å²) in [4.78, 5) is 5.30. The summed E-state index contributed by atoms with van der Waals surface area (Å²) in [7, 11) is -1.16. The van der Waals surface area contributed by atoms with Gasteiger partial charge in [0.2, 0.25) is 0 Å². The van der Waals surface area contributed by atoms with Crippen molar-refractivity contribution in [2.45, 2.75) is 9.79 Å². The number of thiocarbonyl (C=S) groups is 1. The first kappa shape index (κ1) is 14.6. The first-order chi connectivity index (χ1) is 9.81. The number of nitrogens with zero attached hydrogens (tertiary/aromatic N) is 1. The highest BCUT2D eigenvalue weighted by Crippen LogP contribution is 2.19. The number of aliphatic imine (C=N–C) groups is 1. The molecule has 102 valence electrons. The minimum Gasteiger partial charge on any atom is -0.492 e. The van der Waals surface area contributed by atoms with Crippen LogP contribution < -0.4 is 4.74 Å². The Hall–Kier alpha value is -1.81. The molecule has 0 aliphatic rings. The number of ether oxygens (including phenoxy) is 1. The molecule has 2 rings (SSSR count). The van der Waals surface area contributed by atoms with Gasteiger partial charge in [-0.2, -0.15) is 0 Å². The zero-order valence-corrected chi connectivity index (χ0v) is 12.3. The van der Waals surface area contributed by atoms with E-state index in [4.69, 9.17) is 4.74 Å². The van der Waals surface area contributed by atoms with Crippen LogP contribution in [0.5, 0.6) is 5.75 Å². The molecule has 0 radical (unpaired) electrons. The Morgan fingerprint density at radius 3 is 2.35 bits per heavy atom. The normalized spacial score (nSPS) is 11.4. The summed E-state index contributed by atoms with van der Waals surface area (Å²) in [6.45, 7) is 0.936. The van der Waals surface area contributed by atoms with Gasteiger partial charge < -0.3 is 4.74 Å². The molecule has 0 heterocycles. The lowest BCUT2D eigenvalue weighted by atomic mass is 10.3. The first-order valence-corrected chi connectivity index (χ1v) is 7.60. The number of isothiocyanates is 1. The molecular weight excluding hydrogens is 290 g/mol. The van der Waals surface area contributed by atoms with Crippen LogP contribution in [-0.4, -0.2) is 22.5 Å². The van der Waals surface area contributed by atoms with Gasteiger partial charge in [0.15, 0.2) is 0 Å². The van der Waals surface area contributed by atoms with Gasteiger partial charge in [0.05, 0.1) is 22.5 Å². The second-order valence-electron chi connectivity index (χ2n) is 3.87. The predicted octanol–water partition coefficient (Wildman–Crippen LogP) is 3.33. The highest BCUT2D eigenvalue weighted by molar-refractivity contribution is 7.85. The molecule has 0 fully saturated rings. The van der Waals surface area contributed by atoms with Gasteiger partial charge >= 0.3 is 0 Å². The zero-order chi connectivity index (χ0) is 14.2. The quantitative estimate of drug-likeness (QED) is 0.467. The fourth-order valence-corrected chi connectivity index (χ4v) is 2.75.